The monoisotopic (exact) mass is 232 g/mol. The predicted molar refractivity (Wildman–Crippen MR) is 72.7 cm³/mol. The van der Waals surface area contributed by atoms with Gasteiger partial charge in [0.05, 0.1) is 5.37 Å². The molecule has 0 amide bonds. The molecule has 16 heavy (non-hydrogen) atoms. The third-order valence-corrected chi connectivity index (χ3v) is 3.76. The van der Waals surface area contributed by atoms with Gasteiger partial charge in [-0.05, 0) is 25.0 Å². The molecule has 0 fully saturated rings. The minimum atomic E-state index is 0.479. The topological polar surface area (TPSA) is 24.4 Å². The van der Waals surface area contributed by atoms with Crippen LogP contribution in [0.1, 0.15) is 25.0 Å². The first-order chi connectivity index (χ1) is 7.70. The Kier molecular flexibility index (Phi) is 3.34. The largest absolute Gasteiger partial charge is 0.376 e. The van der Waals surface area contributed by atoms with Crippen LogP contribution in [0.3, 0.4) is 0 Å². The van der Waals surface area contributed by atoms with Gasteiger partial charge in [0.2, 0.25) is 0 Å². The molecule has 2 nitrogen and oxygen atoms in total. The summed E-state index contributed by atoms with van der Waals surface area (Å²) >= 11 is 1.88. The van der Waals surface area contributed by atoms with Crippen LogP contribution in [0.15, 0.2) is 35.0 Å². The Morgan fingerprint density at radius 2 is 2.00 bits per heavy atom. The summed E-state index contributed by atoms with van der Waals surface area (Å²) in [5.74, 6) is 0. The summed E-state index contributed by atoms with van der Waals surface area (Å²) < 4.78 is 0. The number of benzene rings is 1. The average Bonchev–Trinajstić information content (AvgIpc) is 2.59. The number of nitrogens with zero attached hydrogens (tertiary/aromatic N) is 1. The van der Waals surface area contributed by atoms with Gasteiger partial charge in [-0.3, -0.25) is 4.99 Å². The van der Waals surface area contributed by atoms with Gasteiger partial charge in [-0.25, -0.2) is 0 Å². The highest BCUT2D eigenvalue weighted by Gasteiger charge is 2.18. The Hall–Kier alpha value is -1.22. The molecule has 84 valence electrons. The van der Waals surface area contributed by atoms with Gasteiger partial charge in [-0.2, -0.15) is 0 Å². The lowest BCUT2D eigenvalue weighted by Crippen LogP contribution is -2.14. The van der Waals surface area contributed by atoms with E-state index in [2.05, 4.69) is 48.4 Å². The summed E-state index contributed by atoms with van der Waals surface area (Å²) in [5, 5.41) is 3.90. The van der Waals surface area contributed by atoms with Crippen LogP contribution in [0.2, 0.25) is 0 Å². The molecule has 0 aliphatic carbocycles. The van der Waals surface area contributed by atoms with Crippen LogP contribution in [-0.4, -0.2) is 18.6 Å². The highest BCUT2D eigenvalue weighted by atomic mass is 32.2. The SMILES string of the molecule is CN=Cc1ccc(C2=C(C)NC(C)S2)cc1. The fourth-order valence-corrected chi connectivity index (χ4v) is 2.92. The second kappa shape index (κ2) is 4.74. The highest BCUT2D eigenvalue weighted by molar-refractivity contribution is 8.09. The van der Waals surface area contributed by atoms with Gasteiger partial charge >= 0.3 is 0 Å². The van der Waals surface area contributed by atoms with E-state index in [-0.39, 0.29) is 0 Å². The van der Waals surface area contributed by atoms with E-state index in [9.17, 15) is 0 Å². The minimum absolute atomic E-state index is 0.479. The van der Waals surface area contributed by atoms with Crippen molar-refractivity contribution in [3.8, 4) is 0 Å². The molecule has 0 bridgehead atoms. The van der Waals surface area contributed by atoms with E-state index in [0.29, 0.717) is 5.37 Å². The zero-order chi connectivity index (χ0) is 11.5. The molecule has 1 atom stereocenters. The number of allylic oxidation sites excluding steroid dienone is 1. The fraction of sp³-hybridized carbons (Fsp3) is 0.308. The standard InChI is InChI=1S/C13H16N2S/c1-9-13(16-10(2)15-9)12-6-4-11(5-7-12)8-14-3/h4-8,10,15H,1-3H3. The van der Waals surface area contributed by atoms with Crippen LogP contribution in [0.4, 0.5) is 0 Å². The maximum atomic E-state index is 4.01. The molecule has 1 aliphatic heterocycles. The molecule has 1 aromatic rings. The number of nitrogens with one attached hydrogen (secondary N) is 1. The lowest BCUT2D eigenvalue weighted by molar-refractivity contribution is 0.823. The van der Waals surface area contributed by atoms with Crippen molar-refractivity contribution in [1.29, 1.82) is 0 Å². The maximum Gasteiger partial charge on any atom is 0.0738 e. The smallest absolute Gasteiger partial charge is 0.0738 e. The first kappa shape index (κ1) is 11.3. The maximum absolute atomic E-state index is 4.01. The van der Waals surface area contributed by atoms with E-state index >= 15 is 0 Å². The van der Waals surface area contributed by atoms with Gasteiger partial charge in [0, 0.05) is 23.9 Å². The highest BCUT2D eigenvalue weighted by Crippen LogP contribution is 2.37. The number of hydrogen-bond acceptors (Lipinski definition) is 3. The molecule has 1 N–H and O–H groups in total. The molecular weight excluding hydrogens is 216 g/mol. The number of hydrogen-bond donors (Lipinski definition) is 1. The predicted octanol–water partition coefficient (Wildman–Crippen LogP) is 3.11. The molecule has 0 saturated carbocycles. The van der Waals surface area contributed by atoms with Gasteiger partial charge in [0.1, 0.15) is 0 Å². The molecule has 0 spiro atoms. The second-order valence-corrected chi connectivity index (χ2v) is 5.22. The third-order valence-electron chi connectivity index (χ3n) is 2.51. The summed E-state index contributed by atoms with van der Waals surface area (Å²) in [6.07, 6.45) is 1.87. The molecular formula is C13H16N2S. The Balaban J connectivity index is 2.25. The normalized spacial score (nSPS) is 20.6. The Morgan fingerprint density at radius 1 is 1.31 bits per heavy atom. The number of aliphatic imine (C=N–C) groups is 1. The molecule has 1 heterocycles. The molecule has 1 unspecified atom stereocenters. The Labute approximate surface area is 101 Å². The van der Waals surface area contributed by atoms with Crippen molar-refractivity contribution in [3.63, 3.8) is 0 Å². The van der Waals surface area contributed by atoms with E-state index in [1.807, 2.05) is 18.0 Å². The van der Waals surface area contributed by atoms with Gasteiger partial charge in [0.25, 0.3) is 0 Å². The summed E-state index contributed by atoms with van der Waals surface area (Å²) in [5.41, 5.74) is 3.70. The number of rotatable bonds is 2. The van der Waals surface area contributed by atoms with Gasteiger partial charge in [-0.15, -0.1) is 0 Å². The molecule has 0 aromatic heterocycles. The van der Waals surface area contributed by atoms with Crippen LogP contribution in [-0.2, 0) is 0 Å². The quantitative estimate of drug-likeness (QED) is 0.792. The van der Waals surface area contributed by atoms with Crippen molar-refractivity contribution in [2.45, 2.75) is 19.2 Å². The third kappa shape index (κ3) is 2.30. The molecule has 2 rings (SSSR count). The average molecular weight is 232 g/mol. The van der Waals surface area contributed by atoms with E-state index < -0.39 is 0 Å². The summed E-state index contributed by atoms with van der Waals surface area (Å²) in [7, 11) is 1.79. The molecule has 1 aromatic carbocycles. The molecule has 0 saturated heterocycles. The van der Waals surface area contributed by atoms with Crippen molar-refractivity contribution in [2.24, 2.45) is 4.99 Å². The van der Waals surface area contributed by atoms with E-state index in [1.54, 1.807) is 7.05 Å². The molecule has 3 heteroatoms. The van der Waals surface area contributed by atoms with Gasteiger partial charge < -0.3 is 5.32 Å². The van der Waals surface area contributed by atoms with Crippen molar-refractivity contribution < 1.29 is 0 Å². The lowest BCUT2D eigenvalue weighted by Gasteiger charge is -2.03. The first-order valence-electron chi connectivity index (χ1n) is 5.37. The van der Waals surface area contributed by atoms with Crippen LogP contribution >= 0.6 is 11.8 Å². The zero-order valence-corrected chi connectivity index (χ0v) is 10.6. The summed E-state index contributed by atoms with van der Waals surface area (Å²) in [6, 6.07) is 8.52. The van der Waals surface area contributed by atoms with E-state index in [1.165, 1.54) is 16.2 Å². The first-order valence-corrected chi connectivity index (χ1v) is 6.25. The Morgan fingerprint density at radius 3 is 2.50 bits per heavy atom. The van der Waals surface area contributed by atoms with E-state index in [0.717, 1.165) is 5.56 Å². The lowest BCUT2D eigenvalue weighted by atomic mass is 10.1. The second-order valence-electron chi connectivity index (χ2n) is 3.87. The van der Waals surface area contributed by atoms with Gasteiger partial charge in [-0.1, -0.05) is 36.0 Å². The summed E-state index contributed by atoms with van der Waals surface area (Å²) in [6.45, 7) is 4.31. The summed E-state index contributed by atoms with van der Waals surface area (Å²) in [4.78, 5) is 5.36. The van der Waals surface area contributed by atoms with Crippen LogP contribution in [0.5, 0.6) is 0 Å². The van der Waals surface area contributed by atoms with Crippen molar-refractivity contribution in [1.82, 2.24) is 5.32 Å². The van der Waals surface area contributed by atoms with Gasteiger partial charge in [0.15, 0.2) is 0 Å². The number of thioether (sulfide) groups is 1. The van der Waals surface area contributed by atoms with Crippen molar-refractivity contribution in [3.05, 3.63) is 41.1 Å². The van der Waals surface area contributed by atoms with E-state index in [4.69, 9.17) is 0 Å². The van der Waals surface area contributed by atoms with Crippen LogP contribution in [0.25, 0.3) is 4.91 Å². The minimum Gasteiger partial charge on any atom is -0.376 e. The fourth-order valence-electron chi connectivity index (χ4n) is 1.82. The molecule has 0 radical (unpaired) electrons. The van der Waals surface area contributed by atoms with Crippen molar-refractivity contribution in [2.75, 3.05) is 7.05 Å². The Bertz CT molecular complexity index is 432. The molecule has 1 aliphatic rings. The van der Waals surface area contributed by atoms with Crippen molar-refractivity contribution >= 4 is 22.9 Å². The van der Waals surface area contributed by atoms with Crippen LogP contribution < -0.4 is 5.32 Å². The zero-order valence-electron chi connectivity index (χ0n) is 9.82. The van der Waals surface area contributed by atoms with Crippen LogP contribution in [0, 0.1) is 0 Å².